The van der Waals surface area contributed by atoms with E-state index in [9.17, 15) is 4.39 Å². The summed E-state index contributed by atoms with van der Waals surface area (Å²) < 4.78 is 13.8. The summed E-state index contributed by atoms with van der Waals surface area (Å²) in [4.78, 5) is 0. The van der Waals surface area contributed by atoms with Crippen molar-refractivity contribution >= 4 is 27.3 Å². The van der Waals surface area contributed by atoms with E-state index in [1.807, 2.05) is 0 Å². The highest BCUT2D eigenvalue weighted by Gasteiger charge is 2.22. The molecule has 82 valence electrons. The zero-order chi connectivity index (χ0) is 11.1. The van der Waals surface area contributed by atoms with Gasteiger partial charge in [-0.05, 0) is 27.4 Å². The third-order valence-electron chi connectivity index (χ3n) is 2.58. The molecule has 0 unspecified atom stereocenters. The fourth-order valence-electron chi connectivity index (χ4n) is 1.57. The first-order valence-electron chi connectivity index (χ1n) is 4.95. The van der Waals surface area contributed by atoms with Crippen LogP contribution in [0.2, 0.25) is 0 Å². The first-order chi connectivity index (χ1) is 6.98. The average Bonchev–Trinajstić information content (AvgIpc) is 2.29. The van der Waals surface area contributed by atoms with Crippen molar-refractivity contribution in [3.8, 4) is 0 Å². The molecule has 1 aromatic carbocycles. The summed E-state index contributed by atoms with van der Waals surface area (Å²) in [6, 6.07) is 3.30. The van der Waals surface area contributed by atoms with Gasteiger partial charge in [0.1, 0.15) is 5.82 Å². The predicted molar refractivity (Wildman–Crippen MR) is 64.9 cm³/mol. The van der Waals surface area contributed by atoms with Crippen LogP contribution in [-0.2, 0) is 0 Å². The van der Waals surface area contributed by atoms with Crippen molar-refractivity contribution in [1.82, 2.24) is 0 Å². The van der Waals surface area contributed by atoms with Gasteiger partial charge in [0.2, 0.25) is 0 Å². The second-order valence-corrected chi connectivity index (χ2v) is 5.54. The summed E-state index contributed by atoms with van der Waals surface area (Å²) >= 11 is 3.19. The highest BCUT2D eigenvalue weighted by Crippen LogP contribution is 2.32. The van der Waals surface area contributed by atoms with Crippen LogP contribution in [0.5, 0.6) is 0 Å². The molecule has 0 bridgehead atoms. The highest BCUT2D eigenvalue weighted by molar-refractivity contribution is 9.10. The van der Waals surface area contributed by atoms with Gasteiger partial charge in [-0.25, -0.2) is 4.39 Å². The number of anilines is 2. The van der Waals surface area contributed by atoms with E-state index < -0.39 is 0 Å². The van der Waals surface area contributed by atoms with Gasteiger partial charge in [0.05, 0.1) is 15.8 Å². The van der Waals surface area contributed by atoms with Crippen LogP contribution in [0.3, 0.4) is 0 Å². The standard InChI is InChI=1S/C11H14BrFN2/c1-11(2)5-14-9-3-7(12)8(13)4-10(9)15-6-11/h3-4,14-15H,5-6H2,1-2H3. The normalized spacial score (nSPS) is 18.4. The van der Waals surface area contributed by atoms with Gasteiger partial charge in [0.25, 0.3) is 0 Å². The van der Waals surface area contributed by atoms with Gasteiger partial charge in [-0.3, -0.25) is 0 Å². The van der Waals surface area contributed by atoms with Gasteiger partial charge in [-0.1, -0.05) is 13.8 Å². The van der Waals surface area contributed by atoms with Crippen molar-refractivity contribution in [2.45, 2.75) is 13.8 Å². The van der Waals surface area contributed by atoms with Crippen LogP contribution in [0.25, 0.3) is 0 Å². The highest BCUT2D eigenvalue weighted by atomic mass is 79.9. The van der Waals surface area contributed by atoms with Gasteiger partial charge in [0.15, 0.2) is 0 Å². The summed E-state index contributed by atoms with van der Waals surface area (Å²) in [5.41, 5.74) is 1.96. The van der Waals surface area contributed by atoms with Gasteiger partial charge in [-0.2, -0.15) is 0 Å². The lowest BCUT2D eigenvalue weighted by Crippen LogP contribution is -2.27. The predicted octanol–water partition coefficient (Wildman–Crippen LogP) is 3.45. The lowest BCUT2D eigenvalue weighted by Gasteiger charge is -2.21. The van der Waals surface area contributed by atoms with Crippen molar-refractivity contribution < 1.29 is 4.39 Å². The van der Waals surface area contributed by atoms with Gasteiger partial charge < -0.3 is 10.6 Å². The topological polar surface area (TPSA) is 24.1 Å². The van der Waals surface area contributed by atoms with Crippen molar-refractivity contribution in [2.24, 2.45) is 5.41 Å². The molecule has 1 aliphatic rings. The fourth-order valence-corrected chi connectivity index (χ4v) is 1.91. The van der Waals surface area contributed by atoms with E-state index in [4.69, 9.17) is 0 Å². The van der Waals surface area contributed by atoms with E-state index >= 15 is 0 Å². The van der Waals surface area contributed by atoms with E-state index in [0.29, 0.717) is 4.47 Å². The summed E-state index contributed by atoms with van der Waals surface area (Å²) in [6.07, 6.45) is 0. The smallest absolute Gasteiger partial charge is 0.139 e. The van der Waals surface area contributed by atoms with Crippen molar-refractivity contribution in [3.63, 3.8) is 0 Å². The van der Waals surface area contributed by atoms with Crippen LogP contribution in [0.15, 0.2) is 16.6 Å². The molecule has 0 aliphatic carbocycles. The van der Waals surface area contributed by atoms with Crippen LogP contribution < -0.4 is 10.6 Å². The summed E-state index contributed by atoms with van der Waals surface area (Å²) in [7, 11) is 0. The van der Waals surface area contributed by atoms with Crippen molar-refractivity contribution in [1.29, 1.82) is 0 Å². The Morgan fingerprint density at radius 2 is 1.73 bits per heavy atom. The Morgan fingerprint density at radius 1 is 1.20 bits per heavy atom. The Morgan fingerprint density at radius 3 is 2.33 bits per heavy atom. The molecule has 0 amide bonds. The maximum Gasteiger partial charge on any atom is 0.139 e. The van der Waals surface area contributed by atoms with Crippen LogP contribution in [0, 0.1) is 11.2 Å². The number of hydrogen-bond acceptors (Lipinski definition) is 2. The molecule has 2 nitrogen and oxygen atoms in total. The molecule has 15 heavy (non-hydrogen) atoms. The number of benzene rings is 1. The maximum atomic E-state index is 13.3. The molecule has 0 saturated heterocycles. The van der Waals surface area contributed by atoms with E-state index in [0.717, 1.165) is 24.5 Å². The zero-order valence-corrected chi connectivity index (χ0v) is 10.4. The minimum absolute atomic E-state index is 0.169. The number of fused-ring (bicyclic) bond motifs is 1. The number of rotatable bonds is 0. The maximum absolute atomic E-state index is 13.3. The third-order valence-corrected chi connectivity index (χ3v) is 3.18. The molecule has 1 aliphatic heterocycles. The molecule has 2 N–H and O–H groups in total. The fraction of sp³-hybridized carbons (Fsp3) is 0.455. The Kier molecular flexibility index (Phi) is 2.63. The third kappa shape index (κ3) is 2.25. The largest absolute Gasteiger partial charge is 0.383 e. The second-order valence-electron chi connectivity index (χ2n) is 4.68. The Bertz CT molecular complexity index is 355. The van der Waals surface area contributed by atoms with Crippen LogP contribution >= 0.6 is 15.9 Å². The van der Waals surface area contributed by atoms with Crippen LogP contribution in [0.4, 0.5) is 15.8 Å². The average molecular weight is 273 g/mol. The summed E-state index contributed by atoms with van der Waals surface area (Å²) in [5.74, 6) is -0.234. The molecule has 0 spiro atoms. The minimum Gasteiger partial charge on any atom is -0.383 e. The molecule has 1 heterocycles. The van der Waals surface area contributed by atoms with E-state index in [2.05, 4.69) is 40.4 Å². The van der Waals surface area contributed by atoms with Crippen molar-refractivity contribution in [3.05, 3.63) is 22.4 Å². The van der Waals surface area contributed by atoms with Gasteiger partial charge in [0, 0.05) is 19.2 Å². The molecule has 0 fully saturated rings. The van der Waals surface area contributed by atoms with E-state index in [1.54, 1.807) is 6.07 Å². The number of nitrogens with one attached hydrogen (secondary N) is 2. The molecule has 1 aromatic rings. The first-order valence-corrected chi connectivity index (χ1v) is 5.74. The summed E-state index contributed by atoms with van der Waals surface area (Å²) in [6.45, 7) is 6.06. The van der Waals surface area contributed by atoms with Crippen molar-refractivity contribution in [2.75, 3.05) is 23.7 Å². The number of hydrogen-bond donors (Lipinski definition) is 2. The minimum atomic E-state index is -0.234. The SMILES string of the molecule is CC1(C)CNc2cc(F)c(Br)cc2NC1. The molecule has 0 radical (unpaired) electrons. The zero-order valence-electron chi connectivity index (χ0n) is 8.82. The lowest BCUT2D eigenvalue weighted by molar-refractivity contribution is 0.423. The first kappa shape index (κ1) is 10.7. The Hall–Kier alpha value is -0.770. The molecule has 0 atom stereocenters. The molecular formula is C11H14BrFN2. The van der Waals surface area contributed by atoms with Gasteiger partial charge in [-0.15, -0.1) is 0 Å². The Balaban J connectivity index is 2.36. The molecular weight excluding hydrogens is 259 g/mol. The van der Waals surface area contributed by atoms with Crippen LogP contribution in [0.1, 0.15) is 13.8 Å². The quantitative estimate of drug-likeness (QED) is 0.756. The molecule has 0 saturated carbocycles. The molecule has 4 heteroatoms. The molecule has 0 aromatic heterocycles. The lowest BCUT2D eigenvalue weighted by atomic mass is 9.94. The van der Waals surface area contributed by atoms with E-state index in [1.165, 1.54) is 6.07 Å². The Labute approximate surface area is 97.4 Å². The van der Waals surface area contributed by atoms with Crippen LogP contribution in [-0.4, -0.2) is 13.1 Å². The monoisotopic (exact) mass is 272 g/mol. The number of halogens is 2. The van der Waals surface area contributed by atoms with E-state index in [-0.39, 0.29) is 11.2 Å². The molecule has 2 rings (SSSR count). The van der Waals surface area contributed by atoms with Gasteiger partial charge >= 0.3 is 0 Å². The second kappa shape index (κ2) is 3.67. The summed E-state index contributed by atoms with van der Waals surface area (Å²) in [5, 5.41) is 6.58.